The Labute approximate surface area is 210 Å². The molecule has 8 heteroatoms. The zero-order valence-electron chi connectivity index (χ0n) is 22.5. The first-order valence-electron chi connectivity index (χ1n) is 12.6. The Morgan fingerprint density at radius 1 is 0.714 bits per heavy atom. The summed E-state index contributed by atoms with van der Waals surface area (Å²) >= 11 is 0. The van der Waals surface area contributed by atoms with Crippen molar-refractivity contribution >= 4 is 29.3 Å². The van der Waals surface area contributed by atoms with Crippen LogP contribution in [0.3, 0.4) is 0 Å². The summed E-state index contributed by atoms with van der Waals surface area (Å²) in [5, 5.41) is 11.4. The van der Waals surface area contributed by atoms with E-state index in [0.717, 1.165) is 5.56 Å². The molecule has 1 rings (SSSR count). The highest BCUT2D eigenvalue weighted by Crippen LogP contribution is 2.14. The number of nitrogens with one attached hydrogen (secondary N) is 4. The lowest BCUT2D eigenvalue weighted by molar-refractivity contribution is -0.130. The normalized spacial score (nSPS) is 13.0. The van der Waals surface area contributed by atoms with Gasteiger partial charge >= 0.3 is 0 Å². The van der Waals surface area contributed by atoms with Crippen LogP contribution in [0.4, 0.5) is 5.69 Å². The topological polar surface area (TPSA) is 116 Å². The number of benzene rings is 1. The van der Waals surface area contributed by atoms with E-state index in [1.54, 1.807) is 18.2 Å². The summed E-state index contributed by atoms with van der Waals surface area (Å²) in [6, 6.07) is 5.93. The predicted octanol–water partition coefficient (Wildman–Crippen LogP) is 3.62. The summed E-state index contributed by atoms with van der Waals surface area (Å²) in [4.78, 5) is 50.0. The van der Waals surface area contributed by atoms with Crippen molar-refractivity contribution in [2.45, 2.75) is 86.9 Å². The summed E-state index contributed by atoms with van der Waals surface area (Å²) in [5.74, 6) is -0.545. The van der Waals surface area contributed by atoms with Gasteiger partial charge in [0.2, 0.25) is 23.6 Å². The molecule has 0 aliphatic heterocycles. The molecular weight excluding hydrogens is 444 g/mol. The molecule has 1 aromatic rings. The lowest BCUT2D eigenvalue weighted by Gasteiger charge is -2.23. The van der Waals surface area contributed by atoms with Gasteiger partial charge in [0.25, 0.3) is 0 Å². The van der Waals surface area contributed by atoms with Crippen molar-refractivity contribution in [2.75, 3.05) is 5.32 Å². The Morgan fingerprint density at radius 2 is 1.20 bits per heavy atom. The van der Waals surface area contributed by atoms with Gasteiger partial charge < -0.3 is 21.3 Å². The second-order valence-electron chi connectivity index (χ2n) is 10.7. The van der Waals surface area contributed by atoms with Gasteiger partial charge in [-0.1, -0.05) is 67.5 Å². The van der Waals surface area contributed by atoms with Crippen LogP contribution in [0.1, 0.15) is 73.8 Å². The average Bonchev–Trinajstić information content (AvgIpc) is 2.73. The maximum absolute atomic E-state index is 12.9. The van der Waals surface area contributed by atoms with Crippen LogP contribution in [0, 0.1) is 23.7 Å². The van der Waals surface area contributed by atoms with E-state index in [1.165, 1.54) is 0 Å². The number of hydrogen-bond donors (Lipinski definition) is 4. The van der Waals surface area contributed by atoms with Crippen LogP contribution in [-0.4, -0.2) is 35.7 Å². The number of hydrogen-bond acceptors (Lipinski definition) is 4. The Balaban J connectivity index is 2.78. The molecule has 0 radical (unpaired) electrons. The lowest BCUT2D eigenvalue weighted by atomic mass is 10.0. The predicted molar refractivity (Wildman–Crippen MR) is 139 cm³/mol. The van der Waals surface area contributed by atoms with Crippen LogP contribution in [0.2, 0.25) is 0 Å². The second-order valence-corrected chi connectivity index (χ2v) is 10.7. The summed E-state index contributed by atoms with van der Waals surface area (Å²) in [6.45, 7) is 15.6. The van der Waals surface area contributed by atoms with Crippen molar-refractivity contribution in [1.29, 1.82) is 0 Å². The molecule has 0 aliphatic carbocycles. The minimum atomic E-state index is -0.647. The Hall–Kier alpha value is -2.90. The first kappa shape index (κ1) is 30.1. The van der Waals surface area contributed by atoms with Crippen LogP contribution in [0.5, 0.6) is 0 Å². The molecule has 0 bridgehead atoms. The van der Waals surface area contributed by atoms with E-state index in [-0.39, 0.29) is 53.8 Å². The van der Waals surface area contributed by atoms with E-state index in [0.29, 0.717) is 18.5 Å². The number of rotatable bonds is 13. The summed E-state index contributed by atoms with van der Waals surface area (Å²) in [5.41, 5.74) is 1.38. The Morgan fingerprint density at radius 3 is 1.66 bits per heavy atom. The van der Waals surface area contributed by atoms with E-state index in [1.807, 2.05) is 61.5 Å². The molecule has 35 heavy (non-hydrogen) atoms. The standard InChI is InChI=1S/C27H44N4O4/c1-16(2)12-22(32)30-24(18(5)6)26(34)28-15-20-10-9-11-21(14-20)29-27(35)25(19(7)8)31-23(33)13-17(3)4/h9-11,14,16-19,24-25H,12-13,15H2,1-8H3,(H,28,34)(H,29,35)(H,30,32)(H,31,33). The third kappa shape index (κ3) is 11.4. The SMILES string of the molecule is CC(C)CC(=O)NC(C(=O)NCc1cccc(NC(=O)C(NC(=O)CC(C)C)C(C)C)c1)C(C)C. The maximum Gasteiger partial charge on any atom is 0.247 e. The molecule has 0 aliphatic rings. The Kier molecular flexibility index (Phi) is 12.5. The highest BCUT2D eigenvalue weighted by Gasteiger charge is 2.25. The minimum absolute atomic E-state index is 0.0596. The van der Waals surface area contributed by atoms with Crippen molar-refractivity contribution in [1.82, 2.24) is 16.0 Å². The van der Waals surface area contributed by atoms with Gasteiger partial charge in [0.05, 0.1) is 0 Å². The molecule has 4 N–H and O–H groups in total. The van der Waals surface area contributed by atoms with E-state index >= 15 is 0 Å². The molecular formula is C27H44N4O4. The van der Waals surface area contributed by atoms with E-state index in [4.69, 9.17) is 0 Å². The monoisotopic (exact) mass is 488 g/mol. The van der Waals surface area contributed by atoms with E-state index in [9.17, 15) is 19.2 Å². The molecule has 0 saturated heterocycles. The van der Waals surface area contributed by atoms with Gasteiger partial charge in [-0.15, -0.1) is 0 Å². The first-order valence-corrected chi connectivity index (χ1v) is 12.6. The number of carbonyl (C=O) groups is 4. The number of anilines is 1. The quantitative estimate of drug-likeness (QED) is 0.339. The summed E-state index contributed by atoms with van der Waals surface area (Å²) < 4.78 is 0. The molecule has 0 fully saturated rings. The molecule has 0 saturated carbocycles. The molecule has 8 nitrogen and oxygen atoms in total. The minimum Gasteiger partial charge on any atom is -0.350 e. The van der Waals surface area contributed by atoms with Crippen LogP contribution < -0.4 is 21.3 Å². The molecule has 0 spiro atoms. The van der Waals surface area contributed by atoms with Crippen LogP contribution in [0.25, 0.3) is 0 Å². The maximum atomic E-state index is 12.9. The molecule has 2 unspecified atom stereocenters. The van der Waals surface area contributed by atoms with Gasteiger partial charge in [0.1, 0.15) is 12.1 Å². The van der Waals surface area contributed by atoms with Crippen molar-refractivity contribution in [3.05, 3.63) is 29.8 Å². The van der Waals surface area contributed by atoms with Gasteiger partial charge in [-0.05, 0) is 41.4 Å². The molecule has 1 aromatic carbocycles. The van der Waals surface area contributed by atoms with Crippen LogP contribution >= 0.6 is 0 Å². The van der Waals surface area contributed by atoms with Crippen molar-refractivity contribution in [2.24, 2.45) is 23.7 Å². The van der Waals surface area contributed by atoms with Gasteiger partial charge in [0, 0.05) is 25.1 Å². The third-order valence-electron chi connectivity index (χ3n) is 5.38. The van der Waals surface area contributed by atoms with E-state index in [2.05, 4.69) is 21.3 Å². The Bertz CT molecular complexity index is 864. The van der Waals surface area contributed by atoms with Crippen molar-refractivity contribution in [3.8, 4) is 0 Å². The molecule has 196 valence electrons. The van der Waals surface area contributed by atoms with Crippen LogP contribution in [0.15, 0.2) is 24.3 Å². The number of amides is 4. The molecule has 4 amide bonds. The third-order valence-corrected chi connectivity index (χ3v) is 5.38. The van der Waals surface area contributed by atoms with Crippen molar-refractivity contribution < 1.29 is 19.2 Å². The first-order chi connectivity index (χ1) is 16.3. The fourth-order valence-electron chi connectivity index (χ4n) is 3.55. The smallest absolute Gasteiger partial charge is 0.247 e. The fraction of sp³-hybridized carbons (Fsp3) is 0.630. The highest BCUT2D eigenvalue weighted by atomic mass is 16.2. The van der Waals surface area contributed by atoms with E-state index < -0.39 is 12.1 Å². The van der Waals surface area contributed by atoms with Gasteiger partial charge in [-0.3, -0.25) is 19.2 Å². The highest BCUT2D eigenvalue weighted by molar-refractivity contribution is 5.97. The van der Waals surface area contributed by atoms with Crippen molar-refractivity contribution in [3.63, 3.8) is 0 Å². The average molecular weight is 489 g/mol. The largest absolute Gasteiger partial charge is 0.350 e. The fourth-order valence-corrected chi connectivity index (χ4v) is 3.55. The van der Waals surface area contributed by atoms with Crippen LogP contribution in [-0.2, 0) is 25.7 Å². The molecule has 0 heterocycles. The zero-order chi connectivity index (χ0) is 26.7. The molecule has 0 aromatic heterocycles. The zero-order valence-corrected chi connectivity index (χ0v) is 22.5. The summed E-state index contributed by atoms with van der Waals surface area (Å²) in [7, 11) is 0. The molecule has 2 atom stereocenters. The van der Waals surface area contributed by atoms with Gasteiger partial charge in [0.15, 0.2) is 0 Å². The van der Waals surface area contributed by atoms with Gasteiger partial charge in [-0.2, -0.15) is 0 Å². The van der Waals surface area contributed by atoms with Gasteiger partial charge in [-0.25, -0.2) is 0 Å². The number of carbonyl (C=O) groups excluding carboxylic acids is 4. The lowest BCUT2D eigenvalue weighted by Crippen LogP contribution is -2.49. The summed E-state index contributed by atoms with van der Waals surface area (Å²) in [6.07, 6.45) is 0.731. The second kappa shape index (κ2) is 14.5.